The number of aromatic nitrogens is 1. The number of carbonyl (C=O) groups is 1. The summed E-state index contributed by atoms with van der Waals surface area (Å²) in [5.74, 6) is -0.219. The van der Waals surface area contributed by atoms with E-state index in [2.05, 4.69) is 0 Å². The summed E-state index contributed by atoms with van der Waals surface area (Å²) in [6.07, 6.45) is 1.71. The van der Waals surface area contributed by atoms with E-state index < -0.39 is 0 Å². The normalized spacial score (nSPS) is 10.6. The molecule has 84 valence electrons. The molecular weight excluding hydrogens is 206 g/mol. The van der Waals surface area contributed by atoms with E-state index in [9.17, 15) is 9.90 Å². The predicted octanol–water partition coefficient (Wildman–Crippen LogP) is 2.06. The van der Waals surface area contributed by atoms with Crippen molar-refractivity contribution in [2.75, 3.05) is 6.61 Å². The maximum absolute atomic E-state index is 11.7. The number of aryl methyl sites for hydroxylation is 1. The molecule has 0 aliphatic rings. The SMILES string of the molecule is CCOC(=O)c1cn(C)c2ccc(O)cc12. The Morgan fingerprint density at radius 2 is 2.25 bits per heavy atom. The Morgan fingerprint density at radius 3 is 2.94 bits per heavy atom. The molecule has 0 radical (unpaired) electrons. The highest BCUT2D eigenvalue weighted by Gasteiger charge is 2.14. The number of benzene rings is 1. The number of fused-ring (bicyclic) bond motifs is 1. The molecule has 0 atom stereocenters. The second kappa shape index (κ2) is 3.89. The third-order valence-electron chi connectivity index (χ3n) is 2.47. The minimum atomic E-state index is -0.362. The van der Waals surface area contributed by atoms with Crippen molar-refractivity contribution in [3.05, 3.63) is 30.0 Å². The highest BCUT2D eigenvalue weighted by atomic mass is 16.5. The van der Waals surface area contributed by atoms with E-state index >= 15 is 0 Å². The number of aromatic hydroxyl groups is 1. The summed E-state index contributed by atoms with van der Waals surface area (Å²) in [6.45, 7) is 2.11. The van der Waals surface area contributed by atoms with E-state index in [1.807, 2.05) is 11.6 Å². The van der Waals surface area contributed by atoms with Crippen LogP contribution in [-0.4, -0.2) is 22.2 Å². The second-order valence-corrected chi connectivity index (χ2v) is 3.58. The Labute approximate surface area is 93.1 Å². The topological polar surface area (TPSA) is 51.5 Å². The van der Waals surface area contributed by atoms with Crippen LogP contribution >= 0.6 is 0 Å². The van der Waals surface area contributed by atoms with Crippen molar-refractivity contribution < 1.29 is 14.6 Å². The molecule has 0 saturated carbocycles. The maximum atomic E-state index is 11.7. The monoisotopic (exact) mass is 219 g/mol. The number of esters is 1. The van der Waals surface area contributed by atoms with Gasteiger partial charge in [0, 0.05) is 24.1 Å². The van der Waals surface area contributed by atoms with Gasteiger partial charge in [0.05, 0.1) is 12.2 Å². The average Bonchev–Trinajstić information content (AvgIpc) is 2.56. The number of phenols is 1. The van der Waals surface area contributed by atoms with Gasteiger partial charge in [-0.05, 0) is 25.1 Å². The molecule has 1 N–H and O–H groups in total. The Bertz CT molecular complexity index is 542. The Balaban J connectivity index is 2.61. The summed E-state index contributed by atoms with van der Waals surface area (Å²) >= 11 is 0. The van der Waals surface area contributed by atoms with E-state index in [1.165, 1.54) is 0 Å². The standard InChI is InChI=1S/C12H13NO3/c1-3-16-12(15)10-7-13(2)11-5-4-8(14)6-9(10)11/h4-7,14H,3H2,1-2H3. The molecular formula is C12H13NO3. The van der Waals surface area contributed by atoms with Crippen molar-refractivity contribution in [1.82, 2.24) is 4.57 Å². The molecule has 0 unspecified atom stereocenters. The van der Waals surface area contributed by atoms with E-state index in [4.69, 9.17) is 4.74 Å². The largest absolute Gasteiger partial charge is 0.508 e. The van der Waals surface area contributed by atoms with Gasteiger partial charge < -0.3 is 14.4 Å². The zero-order valence-corrected chi connectivity index (χ0v) is 9.23. The first kappa shape index (κ1) is 10.5. The second-order valence-electron chi connectivity index (χ2n) is 3.58. The molecule has 0 spiro atoms. The molecule has 0 aliphatic carbocycles. The molecule has 2 rings (SSSR count). The molecule has 0 fully saturated rings. The first-order chi connectivity index (χ1) is 7.63. The van der Waals surface area contributed by atoms with E-state index in [-0.39, 0.29) is 11.7 Å². The Hall–Kier alpha value is -1.97. The van der Waals surface area contributed by atoms with Crippen LogP contribution in [0.25, 0.3) is 10.9 Å². The molecule has 1 aromatic carbocycles. The van der Waals surface area contributed by atoms with Gasteiger partial charge in [-0.25, -0.2) is 4.79 Å². The lowest BCUT2D eigenvalue weighted by Crippen LogP contribution is -2.03. The summed E-state index contributed by atoms with van der Waals surface area (Å²) in [4.78, 5) is 11.7. The molecule has 4 nitrogen and oxygen atoms in total. The van der Waals surface area contributed by atoms with Crippen molar-refractivity contribution >= 4 is 16.9 Å². The highest BCUT2D eigenvalue weighted by molar-refractivity contribution is 6.04. The minimum Gasteiger partial charge on any atom is -0.508 e. The van der Waals surface area contributed by atoms with Gasteiger partial charge >= 0.3 is 5.97 Å². The number of carbonyl (C=O) groups excluding carboxylic acids is 1. The summed E-state index contributed by atoms with van der Waals surface area (Å²) in [7, 11) is 1.85. The lowest BCUT2D eigenvalue weighted by atomic mass is 10.1. The van der Waals surface area contributed by atoms with Crippen molar-refractivity contribution in [3.63, 3.8) is 0 Å². The van der Waals surface area contributed by atoms with Gasteiger partial charge in [0.1, 0.15) is 5.75 Å². The molecule has 16 heavy (non-hydrogen) atoms. The fourth-order valence-electron chi connectivity index (χ4n) is 1.75. The quantitative estimate of drug-likeness (QED) is 0.786. The Kier molecular flexibility index (Phi) is 2.56. The van der Waals surface area contributed by atoms with Crippen molar-refractivity contribution in [2.24, 2.45) is 7.05 Å². The van der Waals surface area contributed by atoms with Gasteiger partial charge in [0.25, 0.3) is 0 Å². The third-order valence-corrected chi connectivity index (χ3v) is 2.47. The number of hydrogen-bond donors (Lipinski definition) is 1. The molecule has 1 aromatic heterocycles. The minimum absolute atomic E-state index is 0.143. The number of ether oxygens (including phenoxy) is 1. The lowest BCUT2D eigenvalue weighted by Gasteiger charge is -1.99. The molecule has 0 aliphatic heterocycles. The maximum Gasteiger partial charge on any atom is 0.340 e. The number of nitrogens with zero attached hydrogens (tertiary/aromatic N) is 1. The van der Waals surface area contributed by atoms with Crippen LogP contribution in [0.4, 0.5) is 0 Å². The van der Waals surface area contributed by atoms with Crippen LogP contribution in [0, 0.1) is 0 Å². The van der Waals surface area contributed by atoms with Gasteiger partial charge in [0.2, 0.25) is 0 Å². The van der Waals surface area contributed by atoms with Crippen molar-refractivity contribution in [1.29, 1.82) is 0 Å². The first-order valence-electron chi connectivity index (χ1n) is 5.08. The molecule has 4 heteroatoms. The third kappa shape index (κ3) is 1.62. The molecule has 0 bridgehead atoms. The molecule has 1 heterocycles. The van der Waals surface area contributed by atoms with Gasteiger partial charge in [-0.2, -0.15) is 0 Å². The van der Waals surface area contributed by atoms with E-state index in [0.717, 1.165) is 5.52 Å². The first-order valence-corrected chi connectivity index (χ1v) is 5.08. The van der Waals surface area contributed by atoms with Gasteiger partial charge in [-0.1, -0.05) is 0 Å². The summed E-state index contributed by atoms with van der Waals surface area (Å²) in [5.41, 5.74) is 1.37. The van der Waals surface area contributed by atoms with Crippen molar-refractivity contribution in [2.45, 2.75) is 6.92 Å². The van der Waals surface area contributed by atoms with Gasteiger partial charge in [-0.3, -0.25) is 0 Å². The predicted molar refractivity (Wildman–Crippen MR) is 60.5 cm³/mol. The number of phenolic OH excluding ortho intramolecular Hbond substituents is 1. The van der Waals surface area contributed by atoms with Crippen LogP contribution in [0.5, 0.6) is 5.75 Å². The number of rotatable bonds is 2. The number of hydrogen-bond acceptors (Lipinski definition) is 3. The zero-order chi connectivity index (χ0) is 11.7. The fraction of sp³-hybridized carbons (Fsp3) is 0.250. The van der Waals surface area contributed by atoms with Crippen molar-refractivity contribution in [3.8, 4) is 5.75 Å². The van der Waals surface area contributed by atoms with Crippen LogP contribution in [-0.2, 0) is 11.8 Å². The average molecular weight is 219 g/mol. The van der Waals surface area contributed by atoms with Crippen LogP contribution in [0.1, 0.15) is 17.3 Å². The van der Waals surface area contributed by atoms with Crippen LogP contribution < -0.4 is 0 Å². The van der Waals surface area contributed by atoms with Crippen LogP contribution in [0.2, 0.25) is 0 Å². The van der Waals surface area contributed by atoms with E-state index in [1.54, 1.807) is 31.3 Å². The smallest absolute Gasteiger partial charge is 0.340 e. The molecule has 0 amide bonds. The Morgan fingerprint density at radius 1 is 1.50 bits per heavy atom. The van der Waals surface area contributed by atoms with Gasteiger partial charge in [-0.15, -0.1) is 0 Å². The molecule has 0 saturated heterocycles. The molecule has 2 aromatic rings. The van der Waals surface area contributed by atoms with Crippen LogP contribution in [0.3, 0.4) is 0 Å². The summed E-state index contributed by atoms with van der Waals surface area (Å²) < 4.78 is 6.79. The fourth-order valence-corrected chi connectivity index (χ4v) is 1.75. The highest BCUT2D eigenvalue weighted by Crippen LogP contribution is 2.25. The summed E-state index contributed by atoms with van der Waals surface area (Å²) in [6, 6.07) is 4.94. The van der Waals surface area contributed by atoms with Crippen LogP contribution in [0.15, 0.2) is 24.4 Å². The summed E-state index contributed by atoms with van der Waals surface area (Å²) in [5, 5.41) is 10.1. The lowest BCUT2D eigenvalue weighted by molar-refractivity contribution is 0.0528. The van der Waals surface area contributed by atoms with E-state index in [0.29, 0.717) is 17.6 Å². The van der Waals surface area contributed by atoms with Gasteiger partial charge in [0.15, 0.2) is 0 Å². The zero-order valence-electron chi connectivity index (χ0n) is 9.23.